The number of aliphatic carboxylic acids is 1. The topological polar surface area (TPSA) is 176 Å². The molecule has 0 spiro atoms. The third kappa shape index (κ3) is 6.69. The van der Waals surface area contributed by atoms with Gasteiger partial charge in [-0.25, -0.2) is 4.98 Å². The molecule has 13 nitrogen and oxygen atoms in total. The molecule has 306 valence electrons. The molecule has 2 aliphatic carbocycles. The molecule has 2 aliphatic heterocycles. The summed E-state index contributed by atoms with van der Waals surface area (Å²) in [5.41, 5.74) is 0.865. The van der Waals surface area contributed by atoms with Crippen LogP contribution in [0, 0.1) is 23.7 Å². The minimum atomic E-state index is -4.78. The van der Waals surface area contributed by atoms with Gasteiger partial charge in [-0.15, -0.1) is 0 Å². The van der Waals surface area contributed by atoms with Crippen LogP contribution in [0.3, 0.4) is 0 Å². The Morgan fingerprint density at radius 3 is 2.24 bits per heavy atom. The zero-order valence-corrected chi connectivity index (χ0v) is 32.5. The lowest BCUT2D eigenvalue weighted by molar-refractivity contribution is -0.141. The molecule has 4 amide bonds. The number of alkyl halides is 3. The summed E-state index contributed by atoms with van der Waals surface area (Å²) in [5.74, 6) is -9.01. The van der Waals surface area contributed by atoms with Crippen LogP contribution in [0.4, 0.5) is 19.0 Å². The molecule has 2 aromatic carbocycles. The molecule has 3 heterocycles. The highest BCUT2D eigenvalue weighted by Crippen LogP contribution is 2.65. The average molecular weight is 846 g/mol. The number of aromatic nitrogens is 1. The number of hydrogen-bond donors (Lipinski definition) is 3. The number of fused-ring (bicyclic) bond motifs is 4. The maximum absolute atomic E-state index is 15.4. The fraction of sp³-hybridized carbons (Fsp3) is 0.400. The van der Waals surface area contributed by atoms with Crippen LogP contribution in [0.2, 0.25) is 10.0 Å². The number of nitrogens with one attached hydrogen (secondary N) is 1. The molecule has 4 aliphatic rings. The number of amides is 4. The van der Waals surface area contributed by atoms with Crippen molar-refractivity contribution in [3.8, 4) is 17.2 Å². The van der Waals surface area contributed by atoms with Crippen molar-refractivity contribution in [3.05, 3.63) is 87.0 Å². The number of pyridine rings is 1. The summed E-state index contributed by atoms with van der Waals surface area (Å²) in [6, 6.07) is 9.90. The molecular formula is C40H37Cl2F3N4O9. The normalized spacial score (nSPS) is 25.3. The van der Waals surface area contributed by atoms with E-state index in [0.717, 1.165) is 0 Å². The predicted octanol–water partition coefficient (Wildman–Crippen LogP) is 6.76. The van der Waals surface area contributed by atoms with Gasteiger partial charge >= 0.3 is 12.1 Å². The van der Waals surface area contributed by atoms with Crippen molar-refractivity contribution in [2.75, 3.05) is 26.2 Å². The summed E-state index contributed by atoms with van der Waals surface area (Å²) >= 11 is 12.6. The standard InChI is InChI=1S/C40H37Cl2F3N4O9/c1-57-28-14-19(15-29(58-2)33(28)52)32-23-11-12-24-31(37(55)48(35(24)53)13-5-3-4-6-30(50)51)25(23)17-26-36(54)49(38(56)39(26,32)20-7-9-22(41)10-8-20)47-34-27(42)16-21(18-46-34)40(43,44)45/h7-11,14-16,18,24-26,31-32,52H,3-6,12-13,17H2,1-2H3,(H,46,47)(H,50,51)/t24-,25+,26-,31-,32-,39+/m0/s1. The van der Waals surface area contributed by atoms with Crippen LogP contribution in [-0.4, -0.2) is 75.5 Å². The van der Waals surface area contributed by atoms with E-state index in [4.69, 9.17) is 37.8 Å². The number of anilines is 1. The SMILES string of the molecule is COc1cc([C@H]2C3=CC[C@@H]4C(=O)N(CCCCCC(=O)O)C(=O)[C@@H]4[C@@H]3C[C@H]3C(=O)N(Nc4ncc(C(F)(F)F)cc4Cl)C(=O)[C@@]23c2ccc(Cl)cc2)cc(OC)c1O. The molecule has 1 aromatic heterocycles. The molecule has 0 radical (unpaired) electrons. The Kier molecular flexibility index (Phi) is 10.9. The molecule has 58 heavy (non-hydrogen) atoms. The predicted molar refractivity (Wildman–Crippen MR) is 201 cm³/mol. The minimum absolute atomic E-state index is 0.0257. The molecular weight excluding hydrogens is 808 g/mol. The van der Waals surface area contributed by atoms with E-state index in [2.05, 4.69) is 10.4 Å². The highest BCUT2D eigenvalue weighted by atomic mass is 35.5. The number of rotatable bonds is 12. The first-order valence-corrected chi connectivity index (χ1v) is 19.2. The minimum Gasteiger partial charge on any atom is -0.502 e. The number of allylic oxidation sites excluding steroid dienone is 2. The second-order valence-corrected chi connectivity index (χ2v) is 15.6. The third-order valence-corrected chi connectivity index (χ3v) is 12.3. The maximum Gasteiger partial charge on any atom is 0.417 e. The molecule has 6 atom stereocenters. The summed E-state index contributed by atoms with van der Waals surface area (Å²) in [7, 11) is 2.64. The van der Waals surface area contributed by atoms with Gasteiger partial charge in [-0.1, -0.05) is 53.4 Å². The Morgan fingerprint density at radius 2 is 1.64 bits per heavy atom. The van der Waals surface area contributed by atoms with Crippen LogP contribution in [-0.2, 0) is 35.6 Å². The number of phenols is 1. The number of hydrogen-bond acceptors (Lipinski definition) is 10. The summed E-state index contributed by atoms with van der Waals surface area (Å²) in [4.78, 5) is 74.5. The number of carbonyl (C=O) groups excluding carboxylic acids is 4. The van der Waals surface area contributed by atoms with Crippen molar-refractivity contribution in [2.45, 2.75) is 56.0 Å². The van der Waals surface area contributed by atoms with Gasteiger partial charge in [-0.05, 0) is 73.1 Å². The first-order chi connectivity index (χ1) is 27.5. The van der Waals surface area contributed by atoms with E-state index in [-0.39, 0.29) is 49.0 Å². The number of halogens is 5. The van der Waals surface area contributed by atoms with Crippen molar-refractivity contribution in [2.24, 2.45) is 23.7 Å². The lowest BCUT2D eigenvalue weighted by Gasteiger charge is -2.50. The Labute approximate surface area is 339 Å². The average Bonchev–Trinajstić information content (AvgIpc) is 3.55. The quantitative estimate of drug-likeness (QED) is 0.0998. The number of unbranched alkanes of at least 4 members (excludes halogenated alkanes) is 2. The van der Waals surface area contributed by atoms with Crippen LogP contribution in [0.15, 0.2) is 60.3 Å². The summed E-state index contributed by atoms with van der Waals surface area (Å²) < 4.78 is 51.6. The van der Waals surface area contributed by atoms with Gasteiger partial charge in [0.05, 0.1) is 48.0 Å². The summed E-state index contributed by atoms with van der Waals surface area (Å²) in [6.07, 6.45) is -1.24. The van der Waals surface area contributed by atoms with Gasteiger partial charge in [0, 0.05) is 30.1 Å². The van der Waals surface area contributed by atoms with Gasteiger partial charge in [0.15, 0.2) is 17.3 Å². The second-order valence-electron chi connectivity index (χ2n) is 14.7. The molecule has 1 saturated carbocycles. The van der Waals surface area contributed by atoms with Crippen molar-refractivity contribution in [1.29, 1.82) is 0 Å². The van der Waals surface area contributed by atoms with Gasteiger partial charge in [-0.2, -0.15) is 18.2 Å². The van der Waals surface area contributed by atoms with Crippen molar-refractivity contribution >= 4 is 58.6 Å². The number of ether oxygens (including phenoxy) is 2. The summed E-state index contributed by atoms with van der Waals surface area (Å²) in [6.45, 7) is 0.0796. The van der Waals surface area contributed by atoms with Crippen molar-refractivity contribution < 1.29 is 56.8 Å². The Balaban J connectivity index is 1.39. The van der Waals surface area contributed by atoms with Crippen molar-refractivity contribution in [3.63, 3.8) is 0 Å². The number of hydrazine groups is 1. The number of carboxylic acids is 1. The largest absolute Gasteiger partial charge is 0.502 e. The van der Waals surface area contributed by atoms with E-state index in [0.29, 0.717) is 58.3 Å². The molecule has 3 fully saturated rings. The number of carboxylic acid groups (broad SMARTS) is 1. The van der Waals surface area contributed by atoms with Gasteiger partial charge < -0.3 is 19.7 Å². The van der Waals surface area contributed by atoms with Crippen LogP contribution in [0.5, 0.6) is 17.2 Å². The first kappa shape index (κ1) is 40.8. The highest BCUT2D eigenvalue weighted by molar-refractivity contribution is 6.33. The molecule has 7 rings (SSSR count). The maximum atomic E-state index is 15.4. The number of imide groups is 2. The number of aromatic hydroxyl groups is 1. The highest BCUT2D eigenvalue weighted by Gasteiger charge is 2.70. The fourth-order valence-corrected chi connectivity index (χ4v) is 9.58. The molecule has 3 N–H and O–H groups in total. The molecule has 3 aromatic rings. The van der Waals surface area contributed by atoms with Crippen LogP contribution >= 0.6 is 23.2 Å². The zero-order chi connectivity index (χ0) is 41.8. The third-order valence-electron chi connectivity index (χ3n) is 11.8. The monoisotopic (exact) mass is 844 g/mol. The lowest BCUT2D eigenvalue weighted by Crippen LogP contribution is -2.53. The second kappa shape index (κ2) is 15.4. The van der Waals surface area contributed by atoms with Crippen LogP contribution < -0.4 is 14.9 Å². The van der Waals surface area contributed by atoms with Crippen LogP contribution in [0.1, 0.15) is 61.1 Å². The number of phenolic OH excluding ortho intramolecular Hbond substituents is 1. The van der Waals surface area contributed by atoms with Crippen molar-refractivity contribution in [1.82, 2.24) is 14.9 Å². The van der Waals surface area contributed by atoms with Gasteiger partial charge in [-0.3, -0.25) is 34.3 Å². The van der Waals surface area contributed by atoms with E-state index in [1.54, 1.807) is 24.3 Å². The van der Waals surface area contributed by atoms with Gasteiger partial charge in [0.2, 0.25) is 17.6 Å². The number of likely N-dealkylation sites (tertiary alicyclic amines) is 1. The summed E-state index contributed by atoms with van der Waals surface area (Å²) in [5, 5.41) is 20.5. The van der Waals surface area contributed by atoms with Crippen LogP contribution in [0.25, 0.3) is 0 Å². The number of carbonyl (C=O) groups is 5. The smallest absolute Gasteiger partial charge is 0.417 e. The molecule has 0 bridgehead atoms. The van der Waals surface area contributed by atoms with E-state index < -0.39 is 81.3 Å². The fourth-order valence-electron chi connectivity index (χ4n) is 9.25. The van der Waals surface area contributed by atoms with Gasteiger partial charge in [0.25, 0.3) is 11.8 Å². The number of nitrogens with zero attached hydrogens (tertiary/aromatic N) is 3. The molecule has 18 heteroatoms. The zero-order valence-electron chi connectivity index (χ0n) is 31.0. The Morgan fingerprint density at radius 1 is 0.966 bits per heavy atom. The Bertz CT molecular complexity index is 2210. The van der Waals surface area contributed by atoms with Gasteiger partial charge in [0.1, 0.15) is 0 Å². The number of benzene rings is 2. The molecule has 2 saturated heterocycles. The van der Waals surface area contributed by atoms with E-state index in [1.165, 1.54) is 31.3 Å². The van der Waals surface area contributed by atoms with E-state index in [9.17, 15) is 37.5 Å². The van der Waals surface area contributed by atoms with E-state index in [1.807, 2.05) is 6.08 Å². The lowest BCUT2D eigenvalue weighted by atomic mass is 9.49. The molecule has 0 unspecified atom stereocenters. The first-order valence-electron chi connectivity index (χ1n) is 18.4. The Hall–Kier alpha value is -5.35. The number of methoxy groups -OCH3 is 2. The van der Waals surface area contributed by atoms with E-state index >= 15 is 4.79 Å².